The van der Waals surface area contributed by atoms with Gasteiger partial charge in [0.25, 0.3) is 0 Å². The SMILES string of the molecule is O=P(O)(O)OCc1ccc(F)cc1F. The van der Waals surface area contributed by atoms with Crippen LogP contribution in [0.1, 0.15) is 5.56 Å². The van der Waals surface area contributed by atoms with Gasteiger partial charge in [-0.15, -0.1) is 0 Å². The van der Waals surface area contributed by atoms with Crippen molar-refractivity contribution in [2.75, 3.05) is 0 Å². The van der Waals surface area contributed by atoms with Gasteiger partial charge in [0.2, 0.25) is 0 Å². The molecule has 0 atom stereocenters. The Morgan fingerprint density at radius 2 is 2.00 bits per heavy atom. The van der Waals surface area contributed by atoms with Crippen molar-refractivity contribution >= 4 is 7.82 Å². The van der Waals surface area contributed by atoms with Crippen LogP contribution in [-0.2, 0) is 15.7 Å². The molecule has 1 aromatic rings. The van der Waals surface area contributed by atoms with Crippen LogP contribution in [0, 0.1) is 11.6 Å². The largest absolute Gasteiger partial charge is 0.469 e. The van der Waals surface area contributed by atoms with Crippen molar-refractivity contribution in [3.8, 4) is 0 Å². The van der Waals surface area contributed by atoms with Gasteiger partial charge in [-0.2, -0.15) is 0 Å². The predicted octanol–water partition coefficient (Wildman–Crippen LogP) is 1.57. The Balaban J connectivity index is 2.73. The van der Waals surface area contributed by atoms with E-state index in [1.165, 1.54) is 0 Å². The molecule has 0 aliphatic rings. The summed E-state index contributed by atoms with van der Waals surface area (Å²) in [4.78, 5) is 16.6. The number of hydrogen-bond acceptors (Lipinski definition) is 2. The van der Waals surface area contributed by atoms with Gasteiger partial charge in [0.05, 0.1) is 6.61 Å². The number of halogens is 2. The third-order valence-electron chi connectivity index (χ3n) is 1.40. The maximum absolute atomic E-state index is 12.9. The molecular formula is C7H7F2O4P. The minimum absolute atomic E-state index is 0.116. The van der Waals surface area contributed by atoms with Crippen molar-refractivity contribution < 1.29 is 27.7 Å². The second-order valence-corrected chi connectivity index (χ2v) is 3.74. The number of hydrogen-bond donors (Lipinski definition) is 2. The van der Waals surface area contributed by atoms with Crippen molar-refractivity contribution in [2.24, 2.45) is 0 Å². The van der Waals surface area contributed by atoms with Crippen molar-refractivity contribution in [2.45, 2.75) is 6.61 Å². The summed E-state index contributed by atoms with van der Waals surface area (Å²) in [5.41, 5.74) is -0.116. The van der Waals surface area contributed by atoms with Gasteiger partial charge in [-0.25, -0.2) is 13.3 Å². The lowest BCUT2D eigenvalue weighted by molar-refractivity contribution is 0.187. The minimum atomic E-state index is -4.62. The summed E-state index contributed by atoms with van der Waals surface area (Å²) in [5.74, 6) is -1.67. The fourth-order valence-corrected chi connectivity index (χ4v) is 1.10. The molecule has 0 amide bonds. The molecule has 0 radical (unpaired) electrons. The van der Waals surface area contributed by atoms with Crippen LogP contribution < -0.4 is 0 Å². The second-order valence-electron chi connectivity index (χ2n) is 2.50. The number of phosphoric acid groups is 1. The van der Waals surface area contributed by atoms with E-state index < -0.39 is 26.1 Å². The molecule has 0 saturated heterocycles. The molecule has 0 aliphatic heterocycles. The summed E-state index contributed by atoms with van der Waals surface area (Å²) in [6.07, 6.45) is 0. The highest BCUT2D eigenvalue weighted by atomic mass is 31.2. The first-order valence-corrected chi connectivity index (χ1v) is 5.05. The van der Waals surface area contributed by atoms with Crippen molar-refractivity contribution in [3.63, 3.8) is 0 Å². The molecule has 0 heterocycles. The maximum Gasteiger partial charge on any atom is 0.469 e. The van der Waals surface area contributed by atoms with E-state index in [2.05, 4.69) is 4.52 Å². The van der Waals surface area contributed by atoms with Crippen molar-refractivity contribution in [1.29, 1.82) is 0 Å². The van der Waals surface area contributed by atoms with Crippen LogP contribution in [0.2, 0.25) is 0 Å². The molecule has 1 rings (SSSR count). The lowest BCUT2D eigenvalue weighted by Gasteiger charge is -2.05. The summed E-state index contributed by atoms with van der Waals surface area (Å²) >= 11 is 0. The fourth-order valence-electron chi connectivity index (χ4n) is 0.792. The Hall–Kier alpha value is -0.810. The molecular weight excluding hydrogens is 217 g/mol. The summed E-state index contributed by atoms with van der Waals surface area (Å²) in [6, 6.07) is 2.64. The van der Waals surface area contributed by atoms with Gasteiger partial charge in [0.15, 0.2) is 0 Å². The lowest BCUT2D eigenvalue weighted by atomic mass is 10.2. The quantitative estimate of drug-likeness (QED) is 0.765. The first-order valence-electron chi connectivity index (χ1n) is 3.52. The van der Waals surface area contributed by atoms with Crippen LogP contribution in [0.5, 0.6) is 0 Å². The molecule has 0 aromatic heterocycles. The van der Waals surface area contributed by atoms with Crippen LogP contribution in [0.15, 0.2) is 18.2 Å². The first kappa shape index (κ1) is 11.3. The predicted molar refractivity (Wildman–Crippen MR) is 43.2 cm³/mol. The zero-order valence-corrected chi connectivity index (χ0v) is 7.75. The van der Waals surface area contributed by atoms with Gasteiger partial charge in [0, 0.05) is 11.6 Å². The Kier molecular flexibility index (Phi) is 3.34. The van der Waals surface area contributed by atoms with Crippen LogP contribution in [0.25, 0.3) is 0 Å². The molecule has 4 nitrogen and oxygen atoms in total. The standard InChI is InChI=1S/C7H7F2O4P/c8-6-2-1-5(7(9)3-6)4-13-14(10,11)12/h1-3H,4H2,(H2,10,11,12). The molecule has 14 heavy (non-hydrogen) atoms. The molecule has 0 bridgehead atoms. The fraction of sp³-hybridized carbons (Fsp3) is 0.143. The van der Waals surface area contributed by atoms with Crippen LogP contribution >= 0.6 is 7.82 Å². The van der Waals surface area contributed by atoms with Crippen molar-refractivity contribution in [3.05, 3.63) is 35.4 Å². The maximum atomic E-state index is 12.9. The Morgan fingerprint density at radius 3 is 2.50 bits per heavy atom. The van der Waals surface area contributed by atoms with E-state index in [9.17, 15) is 13.3 Å². The van der Waals surface area contributed by atoms with E-state index >= 15 is 0 Å². The number of benzene rings is 1. The smallest absolute Gasteiger partial charge is 0.303 e. The average molecular weight is 224 g/mol. The number of phosphoric ester groups is 1. The topological polar surface area (TPSA) is 66.8 Å². The Bertz CT molecular complexity index is 376. The molecule has 0 spiro atoms. The molecule has 0 fully saturated rings. The Morgan fingerprint density at radius 1 is 1.36 bits per heavy atom. The van der Waals surface area contributed by atoms with E-state index in [0.717, 1.165) is 12.1 Å². The third-order valence-corrected chi connectivity index (χ3v) is 1.87. The van der Waals surface area contributed by atoms with E-state index in [1.54, 1.807) is 0 Å². The Labute approximate surface area is 78.4 Å². The van der Waals surface area contributed by atoms with Gasteiger partial charge >= 0.3 is 7.82 Å². The number of rotatable bonds is 3. The molecule has 1 aromatic carbocycles. The van der Waals surface area contributed by atoms with E-state index in [4.69, 9.17) is 9.79 Å². The third kappa shape index (κ3) is 3.51. The summed E-state index contributed by atoms with van der Waals surface area (Å²) < 4.78 is 39.5. The van der Waals surface area contributed by atoms with Gasteiger partial charge in [0.1, 0.15) is 11.6 Å². The average Bonchev–Trinajstić information content (AvgIpc) is 2.00. The van der Waals surface area contributed by atoms with E-state index in [0.29, 0.717) is 6.07 Å². The molecule has 78 valence electrons. The summed E-state index contributed by atoms with van der Waals surface area (Å²) in [7, 11) is -4.62. The monoisotopic (exact) mass is 224 g/mol. The zero-order chi connectivity index (χ0) is 10.8. The minimum Gasteiger partial charge on any atom is -0.303 e. The second kappa shape index (κ2) is 4.14. The van der Waals surface area contributed by atoms with Crippen LogP contribution in [0.4, 0.5) is 8.78 Å². The lowest BCUT2D eigenvalue weighted by Crippen LogP contribution is -1.95. The highest BCUT2D eigenvalue weighted by Gasteiger charge is 2.15. The van der Waals surface area contributed by atoms with Gasteiger partial charge in [-0.3, -0.25) is 4.52 Å². The van der Waals surface area contributed by atoms with Crippen LogP contribution in [0.3, 0.4) is 0 Å². The normalized spacial score (nSPS) is 11.7. The van der Waals surface area contributed by atoms with E-state index in [-0.39, 0.29) is 5.56 Å². The summed E-state index contributed by atoms with van der Waals surface area (Å²) in [5, 5.41) is 0. The van der Waals surface area contributed by atoms with Gasteiger partial charge < -0.3 is 9.79 Å². The molecule has 0 aliphatic carbocycles. The first-order chi connectivity index (χ1) is 6.38. The molecule has 2 N–H and O–H groups in total. The van der Waals surface area contributed by atoms with Gasteiger partial charge in [-0.1, -0.05) is 6.07 Å². The highest BCUT2D eigenvalue weighted by molar-refractivity contribution is 7.46. The highest BCUT2D eigenvalue weighted by Crippen LogP contribution is 2.37. The summed E-state index contributed by atoms with van der Waals surface area (Å²) in [6.45, 7) is -0.601. The molecule has 7 heteroatoms. The zero-order valence-electron chi connectivity index (χ0n) is 6.85. The van der Waals surface area contributed by atoms with Crippen LogP contribution in [-0.4, -0.2) is 9.79 Å². The molecule has 0 saturated carbocycles. The molecule has 0 unspecified atom stereocenters. The van der Waals surface area contributed by atoms with Gasteiger partial charge in [-0.05, 0) is 6.07 Å². The van der Waals surface area contributed by atoms with E-state index in [1.807, 2.05) is 0 Å². The van der Waals surface area contributed by atoms with Crippen molar-refractivity contribution in [1.82, 2.24) is 0 Å².